The molecule has 0 saturated carbocycles. The second-order valence-electron chi connectivity index (χ2n) is 5.53. The summed E-state index contributed by atoms with van der Waals surface area (Å²) in [5.41, 5.74) is 1.71. The van der Waals surface area contributed by atoms with Crippen LogP contribution in [0.1, 0.15) is 11.5 Å². The van der Waals surface area contributed by atoms with Crippen molar-refractivity contribution in [2.24, 2.45) is 0 Å². The molecule has 4 heteroatoms. The topological polar surface area (TPSA) is 57.6 Å². The number of rotatable bonds is 5. The Morgan fingerprint density at radius 2 is 1.08 bits per heavy atom. The van der Waals surface area contributed by atoms with Gasteiger partial charge in [-0.25, -0.2) is 0 Å². The molecule has 0 fully saturated rings. The summed E-state index contributed by atoms with van der Waals surface area (Å²) < 4.78 is 0. The molecule has 1 N–H and O–H groups in total. The average Bonchev–Trinajstić information content (AvgIpc) is 2.64. The van der Waals surface area contributed by atoms with E-state index in [-0.39, 0.29) is 0 Å². The van der Waals surface area contributed by atoms with Gasteiger partial charge < -0.3 is 5.11 Å². The molecule has 0 aromatic heterocycles. The summed E-state index contributed by atoms with van der Waals surface area (Å²) in [6, 6.07) is 26.7. The largest absolute Gasteiger partial charge is 0.480 e. The van der Waals surface area contributed by atoms with E-state index in [0.717, 1.165) is 0 Å². The van der Waals surface area contributed by atoms with Gasteiger partial charge in [0.1, 0.15) is 0 Å². The summed E-state index contributed by atoms with van der Waals surface area (Å²) in [4.78, 5) is 26.5. The van der Waals surface area contributed by atoms with Gasteiger partial charge in [-0.05, 0) is 29.8 Å². The van der Waals surface area contributed by atoms with Crippen molar-refractivity contribution in [3.63, 3.8) is 0 Å². The maximum atomic E-state index is 13.2. The van der Waals surface area contributed by atoms with Crippen molar-refractivity contribution >= 4 is 23.3 Å². The van der Waals surface area contributed by atoms with E-state index in [9.17, 15) is 14.7 Å². The Bertz CT molecular complexity index is 809. The van der Waals surface area contributed by atoms with Crippen molar-refractivity contribution in [2.75, 3.05) is 4.90 Å². The molecule has 0 saturated heterocycles. The molecular weight excluding hydrogens is 314 g/mol. The molecule has 3 aromatic rings. The molecule has 0 unspecified atom stereocenters. The van der Waals surface area contributed by atoms with E-state index in [2.05, 4.69) is 0 Å². The van der Waals surface area contributed by atoms with Crippen LogP contribution in [0.4, 0.5) is 11.4 Å². The van der Waals surface area contributed by atoms with Gasteiger partial charge in [0.15, 0.2) is 5.92 Å². The standard InChI is InChI=1S/C21H17NO3/c23-20(19(21(24)25)16-10-4-1-5-11-16)22(17-12-6-2-7-13-17)18-14-8-3-9-15-18/h1-15,19H,(H,24,25)/t19-/m0/s1. The molecule has 25 heavy (non-hydrogen) atoms. The number of carboxylic acids is 1. The van der Waals surface area contributed by atoms with Gasteiger partial charge in [0.2, 0.25) is 5.91 Å². The lowest BCUT2D eigenvalue weighted by Gasteiger charge is -2.26. The Balaban J connectivity index is 2.09. The third-order valence-corrected chi connectivity index (χ3v) is 3.88. The van der Waals surface area contributed by atoms with E-state index in [1.54, 1.807) is 54.6 Å². The normalized spacial score (nSPS) is 11.5. The molecule has 0 aliphatic rings. The molecule has 0 aliphatic heterocycles. The van der Waals surface area contributed by atoms with Crippen LogP contribution in [0.25, 0.3) is 0 Å². The summed E-state index contributed by atoms with van der Waals surface area (Å²) >= 11 is 0. The number of para-hydroxylation sites is 2. The number of aliphatic carboxylic acids is 1. The highest BCUT2D eigenvalue weighted by atomic mass is 16.4. The second-order valence-corrected chi connectivity index (χ2v) is 5.53. The number of nitrogens with zero attached hydrogens (tertiary/aromatic N) is 1. The molecule has 0 aliphatic carbocycles. The van der Waals surface area contributed by atoms with Gasteiger partial charge in [-0.1, -0.05) is 66.7 Å². The van der Waals surface area contributed by atoms with E-state index >= 15 is 0 Å². The second kappa shape index (κ2) is 7.45. The van der Waals surface area contributed by atoms with Crippen LogP contribution in [0.2, 0.25) is 0 Å². The summed E-state index contributed by atoms with van der Waals surface area (Å²) in [7, 11) is 0. The molecule has 1 amide bonds. The minimum Gasteiger partial charge on any atom is -0.480 e. The van der Waals surface area contributed by atoms with Crippen LogP contribution in [-0.2, 0) is 9.59 Å². The Morgan fingerprint density at radius 3 is 1.48 bits per heavy atom. The molecule has 3 aromatic carbocycles. The summed E-state index contributed by atoms with van der Waals surface area (Å²) in [6.45, 7) is 0. The summed E-state index contributed by atoms with van der Waals surface area (Å²) in [6.07, 6.45) is 0. The Labute approximate surface area is 146 Å². The van der Waals surface area contributed by atoms with E-state index in [1.807, 2.05) is 36.4 Å². The molecule has 1 atom stereocenters. The van der Waals surface area contributed by atoms with Gasteiger partial charge in [0.25, 0.3) is 0 Å². The number of amides is 1. The fourth-order valence-electron chi connectivity index (χ4n) is 2.72. The highest BCUT2D eigenvalue weighted by Crippen LogP contribution is 2.30. The number of benzene rings is 3. The smallest absolute Gasteiger partial charge is 0.320 e. The number of anilines is 2. The Hall–Kier alpha value is -3.40. The number of carboxylic acid groups (broad SMARTS) is 1. The minimum absolute atomic E-state index is 0.455. The minimum atomic E-state index is -1.28. The highest BCUT2D eigenvalue weighted by molar-refractivity contribution is 6.13. The molecule has 124 valence electrons. The molecule has 3 rings (SSSR count). The third kappa shape index (κ3) is 3.58. The number of hydrogen-bond acceptors (Lipinski definition) is 2. The van der Waals surface area contributed by atoms with Gasteiger partial charge in [0.05, 0.1) is 0 Å². The zero-order chi connectivity index (χ0) is 17.6. The summed E-state index contributed by atoms with van der Waals surface area (Å²) in [5, 5.41) is 9.69. The van der Waals surface area contributed by atoms with E-state index in [0.29, 0.717) is 16.9 Å². The Morgan fingerprint density at radius 1 is 0.680 bits per heavy atom. The van der Waals surface area contributed by atoms with Gasteiger partial charge in [-0.2, -0.15) is 0 Å². The lowest BCUT2D eigenvalue weighted by atomic mass is 9.97. The maximum absolute atomic E-state index is 13.2. The Kier molecular flexibility index (Phi) is 4.90. The first-order chi connectivity index (χ1) is 12.2. The van der Waals surface area contributed by atoms with E-state index in [4.69, 9.17) is 0 Å². The van der Waals surface area contributed by atoms with Gasteiger partial charge in [-0.3, -0.25) is 14.5 Å². The molecule has 4 nitrogen and oxygen atoms in total. The van der Waals surface area contributed by atoms with Gasteiger partial charge in [-0.15, -0.1) is 0 Å². The van der Waals surface area contributed by atoms with Crippen LogP contribution in [0.3, 0.4) is 0 Å². The van der Waals surface area contributed by atoms with Crippen molar-refractivity contribution < 1.29 is 14.7 Å². The lowest BCUT2D eigenvalue weighted by Crippen LogP contribution is -2.35. The van der Waals surface area contributed by atoms with Gasteiger partial charge in [0, 0.05) is 11.4 Å². The van der Waals surface area contributed by atoms with Crippen LogP contribution < -0.4 is 4.90 Å². The molecule has 0 radical (unpaired) electrons. The first-order valence-corrected chi connectivity index (χ1v) is 7.90. The fraction of sp³-hybridized carbons (Fsp3) is 0.0476. The van der Waals surface area contributed by atoms with Crippen molar-refractivity contribution in [3.8, 4) is 0 Å². The van der Waals surface area contributed by atoms with Crippen LogP contribution in [0.15, 0.2) is 91.0 Å². The highest BCUT2D eigenvalue weighted by Gasteiger charge is 2.33. The number of carbonyl (C=O) groups excluding carboxylic acids is 1. The van der Waals surface area contributed by atoms with Crippen LogP contribution in [0, 0.1) is 0 Å². The van der Waals surface area contributed by atoms with Crippen molar-refractivity contribution in [1.29, 1.82) is 0 Å². The number of carbonyl (C=O) groups is 2. The SMILES string of the molecule is O=C(O)[C@H](C(=O)N(c1ccccc1)c1ccccc1)c1ccccc1. The van der Waals surface area contributed by atoms with E-state index in [1.165, 1.54) is 4.90 Å². The molecular formula is C21H17NO3. The lowest BCUT2D eigenvalue weighted by molar-refractivity contribution is -0.142. The maximum Gasteiger partial charge on any atom is 0.320 e. The predicted molar refractivity (Wildman–Crippen MR) is 96.8 cm³/mol. The average molecular weight is 331 g/mol. The van der Waals surface area contributed by atoms with Crippen molar-refractivity contribution in [2.45, 2.75) is 5.92 Å². The van der Waals surface area contributed by atoms with Crippen molar-refractivity contribution in [1.82, 2.24) is 0 Å². The molecule has 0 spiro atoms. The quantitative estimate of drug-likeness (QED) is 0.712. The van der Waals surface area contributed by atoms with Crippen LogP contribution >= 0.6 is 0 Å². The zero-order valence-corrected chi connectivity index (χ0v) is 13.4. The monoisotopic (exact) mass is 331 g/mol. The first-order valence-electron chi connectivity index (χ1n) is 7.90. The predicted octanol–water partition coefficient (Wildman–Crippen LogP) is 4.22. The molecule has 0 heterocycles. The third-order valence-electron chi connectivity index (χ3n) is 3.88. The fourth-order valence-corrected chi connectivity index (χ4v) is 2.72. The first kappa shape index (κ1) is 16.5. The zero-order valence-electron chi connectivity index (χ0n) is 13.4. The molecule has 0 bridgehead atoms. The van der Waals surface area contributed by atoms with Gasteiger partial charge >= 0.3 is 5.97 Å². The number of hydrogen-bond donors (Lipinski definition) is 1. The summed E-state index contributed by atoms with van der Waals surface area (Å²) in [5.74, 6) is -2.95. The van der Waals surface area contributed by atoms with Crippen LogP contribution in [-0.4, -0.2) is 17.0 Å². The van der Waals surface area contributed by atoms with Crippen molar-refractivity contribution in [3.05, 3.63) is 96.6 Å². The van der Waals surface area contributed by atoms with Crippen LogP contribution in [0.5, 0.6) is 0 Å². The van der Waals surface area contributed by atoms with E-state index < -0.39 is 17.8 Å².